The van der Waals surface area contributed by atoms with E-state index in [1.807, 2.05) is 0 Å². The zero-order valence-electron chi connectivity index (χ0n) is 12.2. The van der Waals surface area contributed by atoms with Crippen LogP contribution < -0.4 is 4.90 Å². The van der Waals surface area contributed by atoms with Crippen LogP contribution in [0.2, 0.25) is 0 Å². The number of benzene rings is 1. The van der Waals surface area contributed by atoms with E-state index in [1.54, 1.807) is 31.0 Å². The number of carbonyl (C=O) groups excluding carboxylic acids is 1. The van der Waals surface area contributed by atoms with Crippen molar-refractivity contribution in [2.75, 3.05) is 25.0 Å². The molecule has 0 aromatic heterocycles. The normalized spacial score (nSPS) is 15.3. The van der Waals surface area contributed by atoms with Gasteiger partial charge in [0.15, 0.2) is 0 Å². The van der Waals surface area contributed by atoms with E-state index in [-0.39, 0.29) is 18.1 Å². The standard InChI is InChI=1S/C15H20N2O4/c1-10(18)9-16(2)15(21)17-7-3-4-11-8-12(14(19)20)5-6-13(11)17/h5-6,8,10,18H,3-4,7,9H2,1-2H3,(H,19,20). The summed E-state index contributed by atoms with van der Waals surface area (Å²) in [6, 6.07) is 4.65. The molecule has 1 heterocycles. The van der Waals surface area contributed by atoms with Crippen molar-refractivity contribution in [3.63, 3.8) is 0 Å². The Morgan fingerprint density at radius 3 is 2.76 bits per heavy atom. The van der Waals surface area contributed by atoms with E-state index in [0.29, 0.717) is 6.54 Å². The topological polar surface area (TPSA) is 81.1 Å². The molecule has 21 heavy (non-hydrogen) atoms. The second-order valence-electron chi connectivity index (χ2n) is 5.42. The Morgan fingerprint density at radius 1 is 1.43 bits per heavy atom. The summed E-state index contributed by atoms with van der Waals surface area (Å²) >= 11 is 0. The van der Waals surface area contributed by atoms with Gasteiger partial charge in [-0.2, -0.15) is 0 Å². The molecule has 2 amide bonds. The molecule has 0 radical (unpaired) electrons. The van der Waals surface area contributed by atoms with Gasteiger partial charge in [-0.3, -0.25) is 4.90 Å². The first-order chi connectivity index (χ1) is 9.90. The van der Waals surface area contributed by atoms with Gasteiger partial charge in [-0.05, 0) is 43.5 Å². The highest BCUT2D eigenvalue weighted by molar-refractivity contribution is 5.95. The minimum Gasteiger partial charge on any atom is -0.478 e. The number of aryl methyl sites for hydroxylation is 1. The Labute approximate surface area is 123 Å². The van der Waals surface area contributed by atoms with Crippen molar-refractivity contribution in [2.24, 2.45) is 0 Å². The van der Waals surface area contributed by atoms with Crippen molar-refractivity contribution in [1.82, 2.24) is 4.90 Å². The molecule has 0 saturated carbocycles. The van der Waals surface area contributed by atoms with Crippen LogP contribution in [-0.2, 0) is 6.42 Å². The highest BCUT2D eigenvalue weighted by Gasteiger charge is 2.26. The van der Waals surface area contributed by atoms with Gasteiger partial charge in [-0.1, -0.05) is 0 Å². The van der Waals surface area contributed by atoms with Crippen LogP contribution in [0.25, 0.3) is 0 Å². The highest BCUT2D eigenvalue weighted by Crippen LogP contribution is 2.28. The number of urea groups is 1. The SMILES string of the molecule is CC(O)CN(C)C(=O)N1CCCc2cc(C(=O)O)ccc21. The maximum atomic E-state index is 12.4. The van der Waals surface area contributed by atoms with Crippen LogP contribution in [0.4, 0.5) is 10.5 Å². The van der Waals surface area contributed by atoms with E-state index in [2.05, 4.69) is 0 Å². The lowest BCUT2D eigenvalue weighted by Crippen LogP contribution is -2.45. The van der Waals surface area contributed by atoms with Crippen LogP contribution in [0.5, 0.6) is 0 Å². The summed E-state index contributed by atoms with van der Waals surface area (Å²) < 4.78 is 0. The molecule has 2 rings (SSSR count). The third-order valence-electron chi connectivity index (χ3n) is 3.54. The zero-order valence-corrected chi connectivity index (χ0v) is 12.2. The smallest absolute Gasteiger partial charge is 0.335 e. The molecule has 1 aliphatic rings. The van der Waals surface area contributed by atoms with E-state index < -0.39 is 12.1 Å². The van der Waals surface area contributed by atoms with Gasteiger partial charge in [0.1, 0.15) is 0 Å². The molecule has 2 N–H and O–H groups in total. The molecule has 1 aromatic rings. The summed E-state index contributed by atoms with van der Waals surface area (Å²) in [4.78, 5) is 26.6. The number of aliphatic hydroxyl groups excluding tert-OH is 1. The van der Waals surface area contributed by atoms with Crippen molar-refractivity contribution in [3.8, 4) is 0 Å². The van der Waals surface area contributed by atoms with Crippen molar-refractivity contribution < 1.29 is 19.8 Å². The van der Waals surface area contributed by atoms with E-state index in [9.17, 15) is 14.7 Å². The Kier molecular flexibility index (Phi) is 4.47. The minimum atomic E-state index is -0.965. The van der Waals surface area contributed by atoms with Crippen LogP contribution in [0.3, 0.4) is 0 Å². The number of amides is 2. The number of likely N-dealkylation sites (N-methyl/N-ethyl adjacent to an activating group) is 1. The van der Waals surface area contributed by atoms with Crippen molar-refractivity contribution in [2.45, 2.75) is 25.9 Å². The first-order valence-electron chi connectivity index (χ1n) is 6.97. The molecule has 0 saturated heterocycles. The fraction of sp³-hybridized carbons (Fsp3) is 0.467. The van der Waals surface area contributed by atoms with Gasteiger partial charge in [0.25, 0.3) is 0 Å². The number of aliphatic hydroxyl groups is 1. The number of nitrogens with zero attached hydrogens (tertiary/aromatic N) is 2. The molecule has 6 nitrogen and oxygen atoms in total. The van der Waals surface area contributed by atoms with Gasteiger partial charge in [0, 0.05) is 25.8 Å². The van der Waals surface area contributed by atoms with Crippen LogP contribution in [0.1, 0.15) is 29.3 Å². The maximum Gasteiger partial charge on any atom is 0.335 e. The van der Waals surface area contributed by atoms with E-state index in [0.717, 1.165) is 24.1 Å². The van der Waals surface area contributed by atoms with Crippen molar-refractivity contribution in [1.29, 1.82) is 0 Å². The summed E-state index contributed by atoms with van der Waals surface area (Å²) in [7, 11) is 1.65. The van der Waals surface area contributed by atoms with Gasteiger partial charge in [-0.25, -0.2) is 9.59 Å². The Bertz CT molecular complexity index is 557. The predicted octanol–water partition coefficient (Wildman–Crippen LogP) is 1.57. The monoisotopic (exact) mass is 292 g/mol. The Morgan fingerprint density at radius 2 is 2.14 bits per heavy atom. The molecule has 1 atom stereocenters. The van der Waals surface area contributed by atoms with Gasteiger partial charge in [0.05, 0.1) is 11.7 Å². The summed E-state index contributed by atoms with van der Waals surface area (Å²) in [5.41, 5.74) is 1.87. The largest absolute Gasteiger partial charge is 0.478 e. The fourth-order valence-electron chi connectivity index (χ4n) is 2.61. The molecule has 1 aromatic carbocycles. The molecular formula is C15H20N2O4. The highest BCUT2D eigenvalue weighted by atomic mass is 16.4. The van der Waals surface area contributed by atoms with Gasteiger partial charge < -0.3 is 15.1 Å². The maximum absolute atomic E-state index is 12.4. The lowest BCUT2D eigenvalue weighted by Gasteiger charge is -2.33. The molecule has 0 bridgehead atoms. The lowest BCUT2D eigenvalue weighted by molar-refractivity contribution is 0.0696. The van der Waals surface area contributed by atoms with Crippen LogP contribution in [-0.4, -0.2) is 53.4 Å². The second-order valence-corrected chi connectivity index (χ2v) is 5.42. The average molecular weight is 292 g/mol. The predicted molar refractivity (Wildman–Crippen MR) is 78.8 cm³/mol. The number of anilines is 1. The summed E-state index contributed by atoms with van der Waals surface area (Å²) in [5, 5.41) is 18.4. The zero-order chi connectivity index (χ0) is 15.6. The lowest BCUT2D eigenvalue weighted by atomic mass is 9.99. The second kappa shape index (κ2) is 6.13. The minimum absolute atomic E-state index is 0.181. The van der Waals surface area contributed by atoms with Gasteiger partial charge in [-0.15, -0.1) is 0 Å². The number of aromatic carboxylic acids is 1. The first-order valence-corrected chi connectivity index (χ1v) is 6.97. The third kappa shape index (κ3) is 3.33. The summed E-state index contributed by atoms with van der Waals surface area (Å²) in [5.74, 6) is -0.965. The molecular weight excluding hydrogens is 272 g/mol. The number of carboxylic acids is 1. The summed E-state index contributed by atoms with van der Waals surface area (Å²) in [6.45, 7) is 2.49. The van der Waals surface area contributed by atoms with E-state index >= 15 is 0 Å². The Hall–Kier alpha value is -2.08. The number of carbonyl (C=O) groups is 2. The quantitative estimate of drug-likeness (QED) is 0.886. The summed E-state index contributed by atoms with van der Waals surface area (Å²) in [6.07, 6.45) is 0.975. The fourth-order valence-corrected chi connectivity index (χ4v) is 2.61. The molecule has 6 heteroatoms. The average Bonchev–Trinajstić information content (AvgIpc) is 2.44. The van der Waals surface area contributed by atoms with Gasteiger partial charge >= 0.3 is 12.0 Å². The first kappa shape index (κ1) is 15.3. The molecule has 1 unspecified atom stereocenters. The number of fused-ring (bicyclic) bond motifs is 1. The number of rotatable bonds is 3. The molecule has 114 valence electrons. The Balaban J connectivity index is 2.25. The number of carboxylic acid groups (broad SMARTS) is 1. The van der Waals surface area contributed by atoms with Crippen LogP contribution in [0, 0.1) is 0 Å². The van der Waals surface area contributed by atoms with Gasteiger partial charge in [0.2, 0.25) is 0 Å². The third-order valence-corrected chi connectivity index (χ3v) is 3.54. The van der Waals surface area contributed by atoms with E-state index in [4.69, 9.17) is 5.11 Å². The molecule has 1 aliphatic heterocycles. The molecule has 0 fully saturated rings. The van der Waals surface area contributed by atoms with Crippen LogP contribution in [0.15, 0.2) is 18.2 Å². The van der Waals surface area contributed by atoms with Crippen molar-refractivity contribution >= 4 is 17.7 Å². The van der Waals surface area contributed by atoms with Crippen molar-refractivity contribution in [3.05, 3.63) is 29.3 Å². The molecule has 0 spiro atoms. The van der Waals surface area contributed by atoms with E-state index in [1.165, 1.54) is 11.0 Å². The number of hydrogen-bond donors (Lipinski definition) is 2. The molecule has 0 aliphatic carbocycles. The number of hydrogen-bond acceptors (Lipinski definition) is 3. The van der Waals surface area contributed by atoms with Crippen LogP contribution >= 0.6 is 0 Å².